The lowest BCUT2D eigenvalue weighted by Crippen LogP contribution is -2.46. The van der Waals surface area contributed by atoms with Gasteiger partial charge in [-0.05, 0) is 24.1 Å². The second-order valence-electron chi connectivity index (χ2n) is 9.81. The van der Waals surface area contributed by atoms with Crippen molar-refractivity contribution in [2.45, 2.75) is 6.42 Å². The quantitative estimate of drug-likeness (QED) is 0.0697. The smallest absolute Gasteiger partial charge is 0.469 e. The average Bonchev–Trinajstić information content (AvgIpc) is 2.87. The lowest BCUT2D eigenvalue weighted by Gasteiger charge is -2.27. The molecule has 1 heterocycles. The fraction of sp³-hybridized carbons (Fsp3) is 0.440. The number of nitrogens with zero attached hydrogens (tertiary/aromatic N) is 3. The second-order valence-corrected chi connectivity index (χ2v) is 11.1. The first-order valence-electron chi connectivity index (χ1n) is 13.2. The van der Waals surface area contributed by atoms with Crippen molar-refractivity contribution in [3.63, 3.8) is 0 Å². The fourth-order valence-electron chi connectivity index (χ4n) is 4.32. The van der Waals surface area contributed by atoms with Crippen molar-refractivity contribution < 1.29 is 63.3 Å². The number of carboxylic acids is 4. The molecular formula is C25H34N5O14P. The van der Waals surface area contributed by atoms with E-state index in [2.05, 4.69) is 14.8 Å². The number of rotatable bonds is 21. The SMILES string of the molecule is O=C(O)CN(CCN(CC(=O)O)CC(=O)O)CCN(CC(=O)O)CC(=O)Nc1ccc2c(CCOP(=O)(O)O)cc(=O)[nH]c2c1. The predicted molar refractivity (Wildman–Crippen MR) is 155 cm³/mol. The minimum Gasteiger partial charge on any atom is -0.480 e. The third-order valence-electron chi connectivity index (χ3n) is 6.11. The number of carboxylic acid groups (broad SMARTS) is 4. The zero-order valence-electron chi connectivity index (χ0n) is 23.8. The van der Waals surface area contributed by atoms with Crippen molar-refractivity contribution in [1.82, 2.24) is 19.7 Å². The summed E-state index contributed by atoms with van der Waals surface area (Å²) in [5, 5.41) is 39.7. The molecule has 1 aromatic carbocycles. The number of aliphatic carboxylic acids is 4. The number of benzene rings is 1. The number of carbonyl (C=O) groups excluding carboxylic acids is 1. The molecule has 20 heteroatoms. The van der Waals surface area contributed by atoms with E-state index in [1.807, 2.05) is 0 Å². The van der Waals surface area contributed by atoms with Crippen molar-refractivity contribution in [1.29, 1.82) is 0 Å². The first kappa shape index (κ1) is 37.0. The highest BCUT2D eigenvalue weighted by Gasteiger charge is 2.20. The number of hydrogen-bond donors (Lipinski definition) is 8. The van der Waals surface area contributed by atoms with Crippen LogP contribution in [-0.2, 0) is 39.5 Å². The molecule has 2 aromatic rings. The van der Waals surface area contributed by atoms with Gasteiger partial charge >= 0.3 is 31.7 Å². The Hall–Kier alpha value is -4.23. The number of carbonyl (C=O) groups is 5. The molecule has 0 aliphatic heterocycles. The number of pyridine rings is 1. The van der Waals surface area contributed by atoms with Gasteiger partial charge in [-0.3, -0.25) is 48.0 Å². The maximum atomic E-state index is 12.8. The summed E-state index contributed by atoms with van der Waals surface area (Å²) in [6.45, 7) is -3.34. The van der Waals surface area contributed by atoms with E-state index >= 15 is 0 Å². The number of nitrogens with one attached hydrogen (secondary N) is 2. The maximum Gasteiger partial charge on any atom is 0.469 e. The number of aromatic nitrogens is 1. The zero-order valence-corrected chi connectivity index (χ0v) is 24.7. The average molecular weight is 660 g/mol. The van der Waals surface area contributed by atoms with E-state index in [-0.39, 0.29) is 44.9 Å². The summed E-state index contributed by atoms with van der Waals surface area (Å²) in [5.74, 6) is -5.67. The fourth-order valence-corrected chi connectivity index (χ4v) is 4.65. The van der Waals surface area contributed by atoms with Gasteiger partial charge in [0.05, 0.1) is 44.8 Å². The van der Waals surface area contributed by atoms with Crippen molar-refractivity contribution >= 4 is 54.2 Å². The monoisotopic (exact) mass is 659 g/mol. The van der Waals surface area contributed by atoms with Gasteiger partial charge in [-0.15, -0.1) is 0 Å². The van der Waals surface area contributed by atoms with Crippen molar-refractivity contribution in [2.24, 2.45) is 0 Å². The number of fused-ring (bicyclic) bond motifs is 1. The number of phosphoric ester groups is 1. The molecular weight excluding hydrogens is 625 g/mol. The van der Waals surface area contributed by atoms with Crippen LogP contribution >= 0.6 is 7.82 Å². The predicted octanol–water partition coefficient (Wildman–Crippen LogP) is -1.64. The minimum atomic E-state index is -4.70. The molecule has 2 rings (SSSR count). The van der Waals surface area contributed by atoms with Gasteiger partial charge < -0.3 is 40.5 Å². The molecule has 0 unspecified atom stereocenters. The van der Waals surface area contributed by atoms with Gasteiger partial charge in [-0.2, -0.15) is 0 Å². The summed E-state index contributed by atoms with van der Waals surface area (Å²) in [6.07, 6.45) is 0.0113. The van der Waals surface area contributed by atoms with E-state index in [9.17, 15) is 43.5 Å². The topological polar surface area (TPSA) is 288 Å². The summed E-state index contributed by atoms with van der Waals surface area (Å²) in [7, 11) is -4.70. The number of phosphoric acid groups is 1. The van der Waals surface area contributed by atoms with E-state index in [0.717, 1.165) is 4.90 Å². The Morgan fingerprint density at radius 3 is 1.76 bits per heavy atom. The van der Waals surface area contributed by atoms with Crippen LogP contribution in [0.25, 0.3) is 10.9 Å². The Labute approximate surface area is 254 Å². The molecule has 248 valence electrons. The van der Waals surface area contributed by atoms with Crippen LogP contribution in [0.1, 0.15) is 5.56 Å². The number of H-pyrrole nitrogens is 1. The molecule has 0 aliphatic carbocycles. The van der Waals surface area contributed by atoms with Gasteiger partial charge in [0.15, 0.2) is 0 Å². The van der Waals surface area contributed by atoms with Gasteiger partial charge in [-0.25, -0.2) is 4.57 Å². The van der Waals surface area contributed by atoms with Gasteiger partial charge in [0.25, 0.3) is 0 Å². The molecule has 1 amide bonds. The standard InChI is InChI=1S/C25H34N5O14P/c31-20-9-16(3-8-44-45(41,42)43)18-2-1-17(10-19(18)27-20)26-21(32)11-29(13-23(35)36)6-4-28(12-22(33)34)5-7-30(14-24(37)38)15-25(39)40/h1-2,9-10H,3-8,11-15H2,(H,26,32)(H,27,31)(H,33,34)(H,35,36)(H,37,38)(H,39,40)(H2,41,42,43). The van der Waals surface area contributed by atoms with Crippen molar-refractivity contribution in [3.05, 3.63) is 40.2 Å². The molecule has 1 aromatic heterocycles. The lowest BCUT2D eigenvalue weighted by atomic mass is 10.1. The van der Waals surface area contributed by atoms with Crippen molar-refractivity contribution in [3.8, 4) is 0 Å². The number of hydrogen-bond acceptors (Lipinski definition) is 11. The van der Waals surface area contributed by atoms with E-state index in [0.29, 0.717) is 16.5 Å². The highest BCUT2D eigenvalue weighted by Crippen LogP contribution is 2.35. The van der Waals surface area contributed by atoms with Crippen LogP contribution in [0.4, 0.5) is 5.69 Å². The van der Waals surface area contributed by atoms with Crippen LogP contribution in [0.2, 0.25) is 0 Å². The van der Waals surface area contributed by atoms with Crippen LogP contribution in [0, 0.1) is 0 Å². The molecule has 0 spiro atoms. The molecule has 19 nitrogen and oxygen atoms in total. The highest BCUT2D eigenvalue weighted by atomic mass is 31.2. The minimum absolute atomic E-state index is 0.0113. The van der Waals surface area contributed by atoms with Crippen LogP contribution in [-0.4, -0.2) is 145 Å². The number of aromatic amines is 1. The molecule has 45 heavy (non-hydrogen) atoms. The van der Waals surface area contributed by atoms with Crippen LogP contribution in [0.3, 0.4) is 0 Å². The summed E-state index contributed by atoms with van der Waals surface area (Å²) in [4.78, 5) is 93.9. The second kappa shape index (κ2) is 17.3. The first-order chi connectivity index (χ1) is 21.0. The molecule has 0 fully saturated rings. The Bertz CT molecular complexity index is 1480. The van der Waals surface area contributed by atoms with E-state index in [4.69, 9.17) is 20.0 Å². The van der Waals surface area contributed by atoms with Crippen LogP contribution in [0.5, 0.6) is 0 Å². The van der Waals surface area contributed by atoms with Crippen LogP contribution in [0.15, 0.2) is 29.1 Å². The van der Waals surface area contributed by atoms with Gasteiger partial charge in [0.1, 0.15) is 0 Å². The zero-order chi connectivity index (χ0) is 33.7. The Morgan fingerprint density at radius 2 is 1.24 bits per heavy atom. The summed E-state index contributed by atoms with van der Waals surface area (Å²) in [5.41, 5.74) is 0.474. The molecule has 0 bridgehead atoms. The van der Waals surface area contributed by atoms with Gasteiger partial charge in [0, 0.05) is 43.3 Å². The Kier molecular flexibility index (Phi) is 14.2. The molecule has 0 aliphatic rings. The molecule has 0 atom stereocenters. The Morgan fingerprint density at radius 1 is 0.756 bits per heavy atom. The third kappa shape index (κ3) is 14.9. The largest absolute Gasteiger partial charge is 0.480 e. The molecule has 0 radical (unpaired) electrons. The molecule has 0 saturated heterocycles. The maximum absolute atomic E-state index is 12.8. The van der Waals surface area contributed by atoms with E-state index in [1.165, 1.54) is 28.0 Å². The van der Waals surface area contributed by atoms with E-state index < -0.39 is 75.9 Å². The summed E-state index contributed by atoms with van der Waals surface area (Å²) >= 11 is 0. The highest BCUT2D eigenvalue weighted by molar-refractivity contribution is 7.46. The number of amides is 1. The summed E-state index contributed by atoms with van der Waals surface area (Å²) in [6, 6.07) is 5.75. The Balaban J connectivity index is 2.09. The third-order valence-corrected chi connectivity index (χ3v) is 6.63. The molecule has 0 saturated carbocycles. The van der Waals surface area contributed by atoms with Gasteiger partial charge in [0.2, 0.25) is 11.5 Å². The normalized spacial score (nSPS) is 11.8. The first-order valence-corrected chi connectivity index (χ1v) is 14.7. The number of anilines is 1. The molecule has 8 N–H and O–H groups in total. The van der Waals surface area contributed by atoms with E-state index in [1.54, 1.807) is 6.07 Å². The lowest BCUT2D eigenvalue weighted by molar-refractivity contribution is -0.143. The summed E-state index contributed by atoms with van der Waals surface area (Å²) < 4.78 is 15.4. The van der Waals surface area contributed by atoms with Crippen LogP contribution < -0.4 is 10.9 Å². The van der Waals surface area contributed by atoms with Crippen molar-refractivity contribution in [2.75, 3.05) is 70.8 Å². The van der Waals surface area contributed by atoms with Gasteiger partial charge in [-0.1, -0.05) is 6.07 Å².